The van der Waals surface area contributed by atoms with E-state index in [9.17, 15) is 0 Å². The molecule has 1 aliphatic heterocycles. The van der Waals surface area contributed by atoms with Gasteiger partial charge in [0.05, 0.1) is 14.7 Å². The van der Waals surface area contributed by atoms with E-state index in [-0.39, 0.29) is 0 Å². The number of benzene rings is 2. The fourth-order valence-electron chi connectivity index (χ4n) is 3.21. The molecule has 2 heteroatoms. The molecule has 3 rings (SSSR count). The van der Waals surface area contributed by atoms with Crippen molar-refractivity contribution in [1.29, 1.82) is 0 Å². The second-order valence-corrected chi connectivity index (χ2v) is 11.5. The second kappa shape index (κ2) is 7.25. The first-order valence-corrected chi connectivity index (χ1v) is 11.4. The molecule has 22 heavy (non-hydrogen) atoms. The molecule has 0 aromatic heterocycles. The number of aryl methyl sites for hydroxylation is 1. The molecule has 0 amide bonds. The molecule has 0 unspecified atom stereocenters. The molecule has 1 saturated heterocycles. The third kappa shape index (κ3) is 3.87. The number of rotatable bonds is 7. The van der Waals surface area contributed by atoms with Crippen LogP contribution in [-0.2, 0) is 17.8 Å². The predicted molar refractivity (Wildman–Crippen MR) is 96.3 cm³/mol. The summed E-state index contributed by atoms with van der Waals surface area (Å²) in [5, 5.41) is 1.63. The van der Waals surface area contributed by atoms with Crippen LogP contribution in [-0.4, -0.2) is 14.7 Å². The first kappa shape index (κ1) is 15.5. The minimum absolute atomic E-state index is 0.743. The molecule has 2 aromatic rings. The summed E-state index contributed by atoms with van der Waals surface area (Å²) in [6.07, 6.45) is 3.63. The average Bonchev–Trinajstić information content (AvgIpc) is 2.54. The maximum absolute atomic E-state index is 5.82. The van der Waals surface area contributed by atoms with Crippen LogP contribution >= 0.6 is 0 Å². The Morgan fingerprint density at radius 2 is 1.64 bits per heavy atom. The Balaban J connectivity index is 1.38. The largest absolute Gasteiger partial charge is 0.377 e. The van der Waals surface area contributed by atoms with E-state index in [1.54, 1.807) is 5.19 Å². The standard InChI is InChI=1S/C20H26OSi/c1-22(15-6-16-22)20-12-10-19(11-13-20)17-21-14-5-9-18-7-3-2-4-8-18/h2-4,7-8,10-13H,5-6,9,14-17H2,1H3. The molecule has 116 valence electrons. The van der Waals surface area contributed by atoms with Crippen LogP contribution in [0.5, 0.6) is 0 Å². The van der Waals surface area contributed by atoms with Gasteiger partial charge in [-0.25, -0.2) is 0 Å². The molecule has 0 atom stereocenters. The minimum Gasteiger partial charge on any atom is -0.377 e. The summed E-state index contributed by atoms with van der Waals surface area (Å²) in [6, 6.07) is 22.8. The van der Waals surface area contributed by atoms with Gasteiger partial charge in [0.15, 0.2) is 0 Å². The lowest BCUT2D eigenvalue weighted by Crippen LogP contribution is -2.50. The van der Waals surface area contributed by atoms with Crippen molar-refractivity contribution < 1.29 is 4.74 Å². The fourth-order valence-corrected chi connectivity index (χ4v) is 6.18. The summed E-state index contributed by atoms with van der Waals surface area (Å²) in [5.74, 6) is 0. The van der Waals surface area contributed by atoms with Crippen LogP contribution in [0.1, 0.15) is 24.0 Å². The lowest BCUT2D eigenvalue weighted by atomic mass is 10.1. The van der Waals surface area contributed by atoms with Crippen LogP contribution in [0.4, 0.5) is 0 Å². The van der Waals surface area contributed by atoms with Crippen LogP contribution < -0.4 is 5.19 Å². The first-order chi connectivity index (χ1) is 10.8. The van der Waals surface area contributed by atoms with Crippen LogP contribution in [0, 0.1) is 0 Å². The smallest absolute Gasteiger partial charge is 0.0836 e. The maximum atomic E-state index is 5.82. The highest BCUT2D eigenvalue weighted by atomic mass is 28.3. The molecule has 0 radical (unpaired) electrons. The summed E-state index contributed by atoms with van der Waals surface area (Å²) < 4.78 is 5.82. The van der Waals surface area contributed by atoms with Crippen LogP contribution in [0.3, 0.4) is 0 Å². The van der Waals surface area contributed by atoms with Gasteiger partial charge in [-0.1, -0.05) is 84.8 Å². The Hall–Kier alpha value is -1.38. The van der Waals surface area contributed by atoms with Crippen molar-refractivity contribution in [2.45, 2.75) is 44.5 Å². The molecule has 1 nitrogen and oxygen atoms in total. The molecule has 2 aromatic carbocycles. The SMILES string of the molecule is C[Si]1(c2ccc(COCCCc3ccccc3)cc2)CCC1. The summed E-state index contributed by atoms with van der Waals surface area (Å²) in [6.45, 7) is 4.10. The zero-order valence-corrected chi connectivity index (χ0v) is 14.6. The van der Waals surface area contributed by atoms with E-state index in [2.05, 4.69) is 61.1 Å². The van der Waals surface area contributed by atoms with E-state index < -0.39 is 8.07 Å². The normalized spacial score (nSPS) is 16.2. The van der Waals surface area contributed by atoms with Gasteiger partial charge in [-0.05, 0) is 24.0 Å². The zero-order chi connectivity index (χ0) is 15.3. The van der Waals surface area contributed by atoms with Crippen LogP contribution in [0.2, 0.25) is 18.6 Å². The predicted octanol–water partition coefficient (Wildman–Crippen LogP) is 4.53. The number of ether oxygens (including phenoxy) is 1. The third-order valence-electron chi connectivity index (χ3n) is 4.97. The van der Waals surface area contributed by atoms with E-state index in [4.69, 9.17) is 4.74 Å². The monoisotopic (exact) mass is 310 g/mol. The number of hydrogen-bond donors (Lipinski definition) is 0. The van der Waals surface area contributed by atoms with Gasteiger partial charge in [-0.15, -0.1) is 0 Å². The summed E-state index contributed by atoms with van der Waals surface area (Å²) in [5.41, 5.74) is 2.70. The highest BCUT2D eigenvalue weighted by Crippen LogP contribution is 2.31. The lowest BCUT2D eigenvalue weighted by Gasteiger charge is -2.36. The molecule has 0 aliphatic carbocycles. The first-order valence-electron chi connectivity index (χ1n) is 8.47. The molecule has 0 N–H and O–H groups in total. The van der Waals surface area contributed by atoms with Crippen molar-refractivity contribution in [1.82, 2.24) is 0 Å². The maximum Gasteiger partial charge on any atom is 0.0836 e. The van der Waals surface area contributed by atoms with Gasteiger partial charge in [0, 0.05) is 6.61 Å². The summed E-state index contributed by atoms with van der Waals surface area (Å²) >= 11 is 0. The quantitative estimate of drug-likeness (QED) is 0.539. The minimum atomic E-state index is -1.02. The van der Waals surface area contributed by atoms with Gasteiger partial charge < -0.3 is 4.74 Å². The molecule has 1 heterocycles. The topological polar surface area (TPSA) is 9.23 Å². The molecule has 0 spiro atoms. The van der Waals surface area contributed by atoms with Crippen molar-refractivity contribution in [2.75, 3.05) is 6.61 Å². The van der Waals surface area contributed by atoms with Crippen molar-refractivity contribution >= 4 is 13.3 Å². The van der Waals surface area contributed by atoms with E-state index >= 15 is 0 Å². The molecule has 1 aliphatic rings. The van der Waals surface area contributed by atoms with E-state index in [0.717, 1.165) is 26.1 Å². The van der Waals surface area contributed by atoms with Crippen molar-refractivity contribution in [2.24, 2.45) is 0 Å². The van der Waals surface area contributed by atoms with Gasteiger partial charge in [0.1, 0.15) is 0 Å². The van der Waals surface area contributed by atoms with Crippen LogP contribution in [0.25, 0.3) is 0 Å². The van der Waals surface area contributed by atoms with Gasteiger partial charge >= 0.3 is 0 Å². The fraction of sp³-hybridized carbons (Fsp3) is 0.400. The van der Waals surface area contributed by atoms with E-state index in [0.29, 0.717) is 0 Å². The average molecular weight is 311 g/mol. The number of hydrogen-bond acceptors (Lipinski definition) is 1. The van der Waals surface area contributed by atoms with Gasteiger partial charge in [0.25, 0.3) is 0 Å². The van der Waals surface area contributed by atoms with Crippen molar-refractivity contribution in [3.8, 4) is 0 Å². The van der Waals surface area contributed by atoms with Gasteiger partial charge in [-0.3, -0.25) is 0 Å². The van der Waals surface area contributed by atoms with Crippen molar-refractivity contribution in [3.05, 3.63) is 65.7 Å². The summed E-state index contributed by atoms with van der Waals surface area (Å²) in [7, 11) is -1.02. The van der Waals surface area contributed by atoms with Gasteiger partial charge in [0.2, 0.25) is 0 Å². The Morgan fingerprint density at radius 1 is 0.909 bits per heavy atom. The summed E-state index contributed by atoms with van der Waals surface area (Å²) in [4.78, 5) is 0. The highest BCUT2D eigenvalue weighted by Gasteiger charge is 2.35. The lowest BCUT2D eigenvalue weighted by molar-refractivity contribution is 0.118. The Labute approximate surface area is 135 Å². The van der Waals surface area contributed by atoms with Gasteiger partial charge in [-0.2, -0.15) is 0 Å². The molecular formula is C20H26OSi. The van der Waals surface area contributed by atoms with Crippen molar-refractivity contribution in [3.63, 3.8) is 0 Å². The molecule has 0 saturated carbocycles. The second-order valence-electron chi connectivity index (χ2n) is 6.75. The van der Waals surface area contributed by atoms with E-state index in [1.807, 2.05) is 0 Å². The molecule has 0 bridgehead atoms. The highest BCUT2D eigenvalue weighted by molar-refractivity contribution is 6.92. The zero-order valence-electron chi connectivity index (χ0n) is 13.6. The molecule has 1 fully saturated rings. The Kier molecular flexibility index (Phi) is 5.11. The van der Waals surface area contributed by atoms with Crippen LogP contribution in [0.15, 0.2) is 54.6 Å². The Morgan fingerprint density at radius 3 is 2.27 bits per heavy atom. The molecular weight excluding hydrogens is 284 g/mol. The van der Waals surface area contributed by atoms with E-state index in [1.165, 1.54) is 29.6 Å². The Bertz CT molecular complexity index is 572. The third-order valence-corrected chi connectivity index (χ3v) is 9.62.